The van der Waals surface area contributed by atoms with E-state index in [1.54, 1.807) is 26.2 Å². The number of anilines is 1. The Balaban J connectivity index is 1.76. The number of rotatable bonds is 8. The summed E-state index contributed by atoms with van der Waals surface area (Å²) >= 11 is 1.53. The summed E-state index contributed by atoms with van der Waals surface area (Å²) in [4.78, 5) is 19.2. The average molecular weight is 401 g/mol. The Bertz CT molecular complexity index is 912. The number of ether oxygens (including phenoxy) is 3. The summed E-state index contributed by atoms with van der Waals surface area (Å²) < 4.78 is 17.2. The van der Waals surface area contributed by atoms with Crippen LogP contribution in [-0.4, -0.2) is 38.8 Å². The second-order valence-electron chi connectivity index (χ2n) is 6.14. The molecule has 0 N–H and O–H groups in total. The summed E-state index contributed by atoms with van der Waals surface area (Å²) in [7, 11) is 4.73. The number of nitrogens with zero attached hydrogens (tertiary/aromatic N) is 2. The highest BCUT2D eigenvalue weighted by Gasteiger charge is 2.19. The Labute approximate surface area is 168 Å². The predicted octanol–water partition coefficient (Wildman–Crippen LogP) is 4.31. The highest BCUT2D eigenvalue weighted by molar-refractivity contribution is 7.22. The normalized spacial score (nSPS) is 10.7. The third-order valence-corrected chi connectivity index (χ3v) is 5.54. The van der Waals surface area contributed by atoms with Crippen molar-refractivity contribution >= 4 is 32.6 Å². The van der Waals surface area contributed by atoms with Crippen molar-refractivity contribution in [3.63, 3.8) is 0 Å². The van der Waals surface area contributed by atoms with Gasteiger partial charge in [0.1, 0.15) is 0 Å². The first kappa shape index (κ1) is 19.9. The highest BCUT2D eigenvalue weighted by atomic mass is 32.1. The second kappa shape index (κ2) is 8.93. The number of benzene rings is 2. The molecule has 1 aromatic heterocycles. The van der Waals surface area contributed by atoms with Crippen molar-refractivity contribution in [2.75, 3.05) is 32.8 Å². The molecule has 0 aliphatic rings. The molecule has 1 heterocycles. The number of fused-ring (bicyclic) bond motifs is 1. The minimum Gasteiger partial charge on any atom is -0.493 e. The largest absolute Gasteiger partial charge is 0.493 e. The Morgan fingerprint density at radius 3 is 2.32 bits per heavy atom. The fourth-order valence-corrected chi connectivity index (χ4v) is 4.11. The molecule has 0 atom stereocenters. The second-order valence-corrected chi connectivity index (χ2v) is 7.14. The lowest BCUT2D eigenvalue weighted by atomic mass is 10.1. The first-order valence-electron chi connectivity index (χ1n) is 9.06. The van der Waals surface area contributed by atoms with Crippen LogP contribution in [0.4, 0.5) is 5.13 Å². The van der Waals surface area contributed by atoms with Gasteiger partial charge < -0.3 is 14.2 Å². The molecule has 3 aromatic rings. The number of hydrogen-bond acceptors (Lipinski definition) is 6. The molecule has 2 aromatic carbocycles. The SMILES string of the molecule is CCN(C(=O)CCc1cc(OC)c(OC)c(OC)c1)c1nc2ccccc2s1. The molecule has 0 aliphatic heterocycles. The Morgan fingerprint density at radius 2 is 1.75 bits per heavy atom. The third-order valence-electron chi connectivity index (χ3n) is 4.48. The molecule has 1 amide bonds. The maximum Gasteiger partial charge on any atom is 0.229 e. The van der Waals surface area contributed by atoms with Gasteiger partial charge in [-0.05, 0) is 43.2 Å². The molecular weight excluding hydrogens is 376 g/mol. The lowest BCUT2D eigenvalue weighted by molar-refractivity contribution is -0.118. The molecule has 0 bridgehead atoms. The van der Waals surface area contributed by atoms with Gasteiger partial charge in [-0.2, -0.15) is 0 Å². The van der Waals surface area contributed by atoms with Crippen molar-refractivity contribution in [1.29, 1.82) is 0 Å². The Morgan fingerprint density at radius 1 is 1.07 bits per heavy atom. The molecule has 7 heteroatoms. The number of para-hydroxylation sites is 1. The molecule has 0 fully saturated rings. The number of aromatic nitrogens is 1. The van der Waals surface area contributed by atoms with Crippen LogP contribution in [0.25, 0.3) is 10.2 Å². The van der Waals surface area contributed by atoms with Crippen molar-refractivity contribution in [2.24, 2.45) is 0 Å². The van der Waals surface area contributed by atoms with Crippen molar-refractivity contribution < 1.29 is 19.0 Å². The van der Waals surface area contributed by atoms with Crippen molar-refractivity contribution in [2.45, 2.75) is 19.8 Å². The molecule has 3 rings (SSSR count). The summed E-state index contributed by atoms with van der Waals surface area (Å²) in [6, 6.07) is 11.7. The van der Waals surface area contributed by atoms with Gasteiger partial charge >= 0.3 is 0 Å². The standard InChI is InChI=1S/C21H24N2O4S/c1-5-23(21-22-15-8-6-7-9-18(15)28-21)19(24)11-10-14-12-16(25-2)20(27-4)17(13-14)26-3/h6-9,12-13H,5,10-11H2,1-4H3. The van der Waals surface area contributed by atoms with E-state index in [0.29, 0.717) is 36.6 Å². The van der Waals surface area contributed by atoms with Gasteiger partial charge in [0.25, 0.3) is 0 Å². The zero-order chi connectivity index (χ0) is 20.1. The van der Waals surface area contributed by atoms with Gasteiger partial charge in [-0.3, -0.25) is 9.69 Å². The third kappa shape index (κ3) is 4.04. The number of aryl methyl sites for hydroxylation is 1. The van der Waals surface area contributed by atoms with Crippen LogP contribution in [0, 0.1) is 0 Å². The maximum absolute atomic E-state index is 12.9. The van der Waals surface area contributed by atoms with Crippen LogP contribution < -0.4 is 19.1 Å². The molecule has 0 radical (unpaired) electrons. The van der Waals surface area contributed by atoms with E-state index in [1.165, 1.54) is 11.3 Å². The van der Waals surface area contributed by atoms with Gasteiger partial charge in [0, 0.05) is 13.0 Å². The lowest BCUT2D eigenvalue weighted by Gasteiger charge is -2.18. The summed E-state index contributed by atoms with van der Waals surface area (Å²) in [6.45, 7) is 2.54. The zero-order valence-corrected chi connectivity index (χ0v) is 17.3. The van der Waals surface area contributed by atoms with Gasteiger partial charge in [0.2, 0.25) is 11.7 Å². The number of carbonyl (C=O) groups excluding carboxylic acids is 1. The van der Waals surface area contributed by atoms with E-state index in [-0.39, 0.29) is 5.91 Å². The fourth-order valence-electron chi connectivity index (χ4n) is 3.06. The van der Waals surface area contributed by atoms with Crippen LogP contribution >= 0.6 is 11.3 Å². The van der Waals surface area contributed by atoms with Crippen LogP contribution in [0.3, 0.4) is 0 Å². The van der Waals surface area contributed by atoms with E-state index in [2.05, 4.69) is 4.98 Å². The highest BCUT2D eigenvalue weighted by Crippen LogP contribution is 2.38. The first-order valence-corrected chi connectivity index (χ1v) is 9.87. The number of thiazole rings is 1. The van der Waals surface area contributed by atoms with Crippen LogP contribution in [0.15, 0.2) is 36.4 Å². The fraction of sp³-hybridized carbons (Fsp3) is 0.333. The summed E-state index contributed by atoms with van der Waals surface area (Å²) in [5.74, 6) is 1.76. The van der Waals surface area contributed by atoms with E-state index >= 15 is 0 Å². The molecule has 6 nitrogen and oxygen atoms in total. The van der Waals surface area contributed by atoms with E-state index in [9.17, 15) is 4.79 Å². The molecule has 0 aliphatic carbocycles. The van der Waals surface area contributed by atoms with Gasteiger partial charge in [0.15, 0.2) is 16.6 Å². The van der Waals surface area contributed by atoms with Crippen LogP contribution in [0.5, 0.6) is 17.2 Å². The minimum atomic E-state index is 0.0373. The number of amides is 1. The summed E-state index contributed by atoms with van der Waals surface area (Å²) in [5, 5.41) is 0.735. The van der Waals surface area contributed by atoms with Gasteiger partial charge in [-0.15, -0.1) is 0 Å². The molecule has 28 heavy (non-hydrogen) atoms. The van der Waals surface area contributed by atoms with Gasteiger partial charge in [0.05, 0.1) is 31.5 Å². The predicted molar refractivity (Wildman–Crippen MR) is 112 cm³/mol. The number of carbonyl (C=O) groups is 1. The summed E-state index contributed by atoms with van der Waals surface area (Å²) in [5.41, 5.74) is 1.86. The van der Waals surface area contributed by atoms with E-state index in [1.807, 2.05) is 43.3 Å². The first-order chi connectivity index (χ1) is 13.6. The summed E-state index contributed by atoms with van der Waals surface area (Å²) in [6.07, 6.45) is 0.930. The molecule has 0 saturated heterocycles. The zero-order valence-electron chi connectivity index (χ0n) is 16.5. The monoisotopic (exact) mass is 400 g/mol. The maximum atomic E-state index is 12.9. The average Bonchev–Trinajstić information content (AvgIpc) is 3.15. The van der Waals surface area contributed by atoms with Crippen LogP contribution in [0.1, 0.15) is 18.9 Å². The minimum absolute atomic E-state index is 0.0373. The lowest BCUT2D eigenvalue weighted by Crippen LogP contribution is -2.30. The Kier molecular flexibility index (Phi) is 6.36. The number of methoxy groups -OCH3 is 3. The van der Waals surface area contributed by atoms with Crippen LogP contribution in [-0.2, 0) is 11.2 Å². The van der Waals surface area contributed by atoms with E-state index in [0.717, 1.165) is 20.9 Å². The number of hydrogen-bond donors (Lipinski definition) is 0. The molecule has 0 unspecified atom stereocenters. The molecule has 148 valence electrons. The van der Waals surface area contributed by atoms with Gasteiger partial charge in [-0.25, -0.2) is 4.98 Å². The molecule has 0 spiro atoms. The van der Waals surface area contributed by atoms with E-state index < -0.39 is 0 Å². The topological polar surface area (TPSA) is 60.9 Å². The molecule has 0 saturated carbocycles. The smallest absolute Gasteiger partial charge is 0.229 e. The van der Waals surface area contributed by atoms with Gasteiger partial charge in [-0.1, -0.05) is 23.5 Å². The van der Waals surface area contributed by atoms with Crippen LogP contribution in [0.2, 0.25) is 0 Å². The van der Waals surface area contributed by atoms with Crippen molar-refractivity contribution in [1.82, 2.24) is 4.98 Å². The van der Waals surface area contributed by atoms with Crippen molar-refractivity contribution in [3.05, 3.63) is 42.0 Å². The van der Waals surface area contributed by atoms with E-state index in [4.69, 9.17) is 14.2 Å². The molecular formula is C21H24N2O4S. The quantitative estimate of drug-likeness (QED) is 0.564. The van der Waals surface area contributed by atoms with Crippen molar-refractivity contribution in [3.8, 4) is 17.2 Å². The Hall–Kier alpha value is -2.80.